The van der Waals surface area contributed by atoms with E-state index in [1.807, 2.05) is 0 Å². The van der Waals surface area contributed by atoms with Gasteiger partial charge in [-0.1, -0.05) is 50.5 Å². The van der Waals surface area contributed by atoms with Crippen LogP contribution >= 0.6 is 0 Å². The second-order valence-corrected chi connectivity index (χ2v) is 6.24. The fraction of sp³-hybridized carbons (Fsp3) is 0.750. The summed E-state index contributed by atoms with van der Waals surface area (Å²) in [6.07, 6.45) is 21.4. The van der Waals surface area contributed by atoms with Gasteiger partial charge in [-0.15, -0.1) is 0 Å². The minimum absolute atomic E-state index is 0.127. The van der Waals surface area contributed by atoms with Crippen LogP contribution in [0.15, 0.2) is 24.3 Å². The molecule has 0 aromatic carbocycles. The lowest BCUT2D eigenvalue weighted by atomic mass is 10.1. The Labute approximate surface area is 142 Å². The molecule has 0 amide bonds. The van der Waals surface area contributed by atoms with E-state index in [-0.39, 0.29) is 12.5 Å². The molecule has 23 heavy (non-hydrogen) atoms. The number of allylic oxidation sites excluding steroid dienone is 4. The van der Waals surface area contributed by atoms with Crippen molar-refractivity contribution in [1.29, 1.82) is 0 Å². The first-order valence-corrected chi connectivity index (χ1v) is 9.36. The lowest BCUT2D eigenvalue weighted by molar-refractivity contribution is -0.137. The third-order valence-corrected chi connectivity index (χ3v) is 3.89. The summed E-state index contributed by atoms with van der Waals surface area (Å²) < 4.78 is 0. The molecule has 0 saturated carbocycles. The summed E-state index contributed by atoms with van der Waals surface area (Å²) in [5, 5.41) is 18.3. The number of hydrogen-bond donors (Lipinski definition) is 2. The average Bonchev–Trinajstić information content (AvgIpc) is 2.51. The van der Waals surface area contributed by atoms with Gasteiger partial charge in [0.1, 0.15) is 0 Å². The SMILES string of the molecule is CCCCCC(O)CC/C=C\CCCC/C=C\CCCC(=O)O. The molecule has 2 N–H and O–H groups in total. The molecule has 0 spiro atoms. The average molecular weight is 325 g/mol. The van der Waals surface area contributed by atoms with Crippen molar-refractivity contribution in [3.63, 3.8) is 0 Å². The van der Waals surface area contributed by atoms with E-state index in [0.717, 1.165) is 51.4 Å². The van der Waals surface area contributed by atoms with Gasteiger partial charge in [0.15, 0.2) is 0 Å². The van der Waals surface area contributed by atoms with Crippen molar-refractivity contribution in [3.8, 4) is 0 Å². The molecule has 0 saturated heterocycles. The summed E-state index contributed by atoms with van der Waals surface area (Å²) in [5.41, 5.74) is 0. The standard InChI is InChI=1S/C20H36O3/c1-2-3-13-16-19(21)17-14-11-9-7-5-4-6-8-10-12-15-18-20(22)23/h8-11,19,21H,2-7,12-18H2,1H3,(H,22,23)/b10-8-,11-9-. The monoisotopic (exact) mass is 324 g/mol. The Kier molecular flexibility index (Phi) is 16.4. The molecule has 0 aliphatic heterocycles. The Hall–Kier alpha value is -1.09. The number of aliphatic hydroxyl groups is 1. The number of aliphatic carboxylic acids is 1. The van der Waals surface area contributed by atoms with Crippen LogP contribution in [0.5, 0.6) is 0 Å². The quantitative estimate of drug-likeness (QED) is 0.285. The number of rotatable bonds is 16. The van der Waals surface area contributed by atoms with Crippen molar-refractivity contribution in [1.82, 2.24) is 0 Å². The van der Waals surface area contributed by atoms with Gasteiger partial charge in [-0.3, -0.25) is 4.79 Å². The maximum absolute atomic E-state index is 10.3. The predicted molar refractivity (Wildman–Crippen MR) is 97.6 cm³/mol. The highest BCUT2D eigenvalue weighted by Crippen LogP contribution is 2.09. The molecule has 0 aliphatic rings. The van der Waals surface area contributed by atoms with E-state index in [1.165, 1.54) is 25.7 Å². The van der Waals surface area contributed by atoms with Crippen LogP contribution in [0.3, 0.4) is 0 Å². The second kappa shape index (κ2) is 17.3. The Morgan fingerprint density at radius 1 is 0.826 bits per heavy atom. The Morgan fingerprint density at radius 2 is 1.39 bits per heavy atom. The van der Waals surface area contributed by atoms with Crippen molar-refractivity contribution in [2.24, 2.45) is 0 Å². The topological polar surface area (TPSA) is 57.5 Å². The lowest BCUT2D eigenvalue weighted by Gasteiger charge is -2.07. The van der Waals surface area contributed by atoms with Gasteiger partial charge in [-0.05, 0) is 57.8 Å². The summed E-state index contributed by atoms with van der Waals surface area (Å²) in [5.74, 6) is -0.710. The predicted octanol–water partition coefficient (Wildman–Crippen LogP) is 5.64. The van der Waals surface area contributed by atoms with Crippen LogP contribution in [-0.2, 0) is 4.79 Å². The number of aliphatic hydroxyl groups excluding tert-OH is 1. The second-order valence-electron chi connectivity index (χ2n) is 6.24. The van der Waals surface area contributed by atoms with Crippen molar-refractivity contribution < 1.29 is 15.0 Å². The third-order valence-electron chi connectivity index (χ3n) is 3.89. The van der Waals surface area contributed by atoms with Gasteiger partial charge in [-0.2, -0.15) is 0 Å². The summed E-state index contributed by atoms with van der Waals surface area (Å²) in [4.78, 5) is 10.3. The molecule has 1 unspecified atom stereocenters. The van der Waals surface area contributed by atoms with E-state index in [2.05, 4.69) is 31.2 Å². The van der Waals surface area contributed by atoms with Gasteiger partial charge in [0, 0.05) is 6.42 Å². The normalized spacial score (nSPS) is 13.1. The van der Waals surface area contributed by atoms with Gasteiger partial charge < -0.3 is 10.2 Å². The molecule has 0 aliphatic carbocycles. The first-order chi connectivity index (χ1) is 11.2. The maximum atomic E-state index is 10.3. The maximum Gasteiger partial charge on any atom is 0.303 e. The molecule has 0 bridgehead atoms. The third kappa shape index (κ3) is 18.9. The molecule has 0 heterocycles. The van der Waals surface area contributed by atoms with Crippen LogP contribution in [0.4, 0.5) is 0 Å². The van der Waals surface area contributed by atoms with Crippen LogP contribution in [0, 0.1) is 0 Å². The molecule has 0 radical (unpaired) electrons. The summed E-state index contributed by atoms with van der Waals surface area (Å²) >= 11 is 0. The highest BCUT2D eigenvalue weighted by atomic mass is 16.4. The van der Waals surface area contributed by atoms with Gasteiger partial charge in [0.25, 0.3) is 0 Å². The zero-order valence-corrected chi connectivity index (χ0v) is 14.9. The largest absolute Gasteiger partial charge is 0.481 e. The number of hydrogen-bond acceptors (Lipinski definition) is 2. The molecule has 0 rings (SSSR count). The molecule has 1 atom stereocenters. The fourth-order valence-corrected chi connectivity index (χ4v) is 2.43. The van der Waals surface area contributed by atoms with Crippen LogP contribution < -0.4 is 0 Å². The fourth-order valence-electron chi connectivity index (χ4n) is 2.43. The number of carboxylic acid groups (broad SMARTS) is 1. The van der Waals surface area contributed by atoms with E-state index in [0.29, 0.717) is 0 Å². The minimum Gasteiger partial charge on any atom is -0.481 e. The highest BCUT2D eigenvalue weighted by molar-refractivity contribution is 5.66. The van der Waals surface area contributed by atoms with Crippen molar-refractivity contribution in [2.75, 3.05) is 0 Å². The van der Waals surface area contributed by atoms with Crippen LogP contribution in [0.2, 0.25) is 0 Å². The van der Waals surface area contributed by atoms with E-state index in [1.54, 1.807) is 0 Å². The number of carbonyl (C=O) groups is 1. The molecule has 3 heteroatoms. The van der Waals surface area contributed by atoms with Gasteiger partial charge in [-0.25, -0.2) is 0 Å². The molecular weight excluding hydrogens is 288 g/mol. The van der Waals surface area contributed by atoms with Crippen LogP contribution in [0.1, 0.15) is 90.4 Å². The zero-order chi connectivity index (χ0) is 17.2. The number of unbranched alkanes of at least 4 members (excludes halogenated alkanes) is 6. The molecule has 134 valence electrons. The highest BCUT2D eigenvalue weighted by Gasteiger charge is 2.01. The van der Waals surface area contributed by atoms with Crippen LogP contribution in [0.25, 0.3) is 0 Å². The summed E-state index contributed by atoms with van der Waals surface area (Å²) in [7, 11) is 0. The molecule has 0 aromatic heterocycles. The molecule has 0 fully saturated rings. The molecular formula is C20H36O3. The van der Waals surface area contributed by atoms with E-state index in [9.17, 15) is 9.90 Å². The zero-order valence-electron chi connectivity index (χ0n) is 14.9. The summed E-state index contributed by atoms with van der Waals surface area (Å²) in [6, 6.07) is 0. The van der Waals surface area contributed by atoms with Gasteiger partial charge in [0.2, 0.25) is 0 Å². The number of carboxylic acids is 1. The molecule has 0 aromatic rings. The minimum atomic E-state index is -0.710. The first kappa shape index (κ1) is 21.9. The Morgan fingerprint density at radius 3 is 1.96 bits per heavy atom. The van der Waals surface area contributed by atoms with E-state index < -0.39 is 5.97 Å². The lowest BCUT2D eigenvalue weighted by Crippen LogP contribution is -2.05. The smallest absolute Gasteiger partial charge is 0.303 e. The summed E-state index contributed by atoms with van der Waals surface area (Å²) in [6.45, 7) is 2.18. The van der Waals surface area contributed by atoms with E-state index in [4.69, 9.17) is 5.11 Å². The Bertz CT molecular complexity index is 321. The first-order valence-electron chi connectivity index (χ1n) is 9.36. The van der Waals surface area contributed by atoms with Crippen molar-refractivity contribution in [2.45, 2.75) is 96.5 Å². The van der Waals surface area contributed by atoms with Crippen molar-refractivity contribution in [3.05, 3.63) is 24.3 Å². The van der Waals surface area contributed by atoms with Crippen molar-refractivity contribution >= 4 is 5.97 Å². The van der Waals surface area contributed by atoms with Crippen LogP contribution in [-0.4, -0.2) is 22.3 Å². The van der Waals surface area contributed by atoms with Gasteiger partial charge >= 0.3 is 5.97 Å². The Balaban J connectivity index is 3.31. The van der Waals surface area contributed by atoms with Gasteiger partial charge in [0.05, 0.1) is 6.10 Å². The molecule has 3 nitrogen and oxygen atoms in total. The van der Waals surface area contributed by atoms with E-state index >= 15 is 0 Å².